The average molecular weight is 348 g/mol. The Bertz CT molecular complexity index is 1150. The van der Waals surface area contributed by atoms with Crippen molar-refractivity contribution in [2.24, 2.45) is 0 Å². The summed E-state index contributed by atoms with van der Waals surface area (Å²) in [6.07, 6.45) is 4.18. The molecular weight excluding hydrogens is 320 g/mol. The zero-order chi connectivity index (χ0) is 21.4. The third-order valence-corrected chi connectivity index (χ3v) is 5.52. The summed E-state index contributed by atoms with van der Waals surface area (Å²) in [4.78, 5) is 8.40. The lowest BCUT2D eigenvalue weighted by Gasteiger charge is -2.34. The molecular formula is C22H24N4. The molecule has 3 aromatic rings. The molecule has 1 unspecified atom stereocenters. The summed E-state index contributed by atoms with van der Waals surface area (Å²) < 4.78 is 34.9. The summed E-state index contributed by atoms with van der Waals surface area (Å²) in [7, 11) is 0. The Morgan fingerprint density at radius 3 is 2.81 bits per heavy atom. The number of hydrogen-bond donors (Lipinski definition) is 0. The van der Waals surface area contributed by atoms with Crippen LogP contribution in [0.25, 0.3) is 5.69 Å². The average Bonchev–Trinajstić information content (AvgIpc) is 3.32. The molecule has 2 aliphatic rings. The van der Waals surface area contributed by atoms with Crippen LogP contribution >= 0.6 is 0 Å². The molecule has 26 heavy (non-hydrogen) atoms. The molecule has 0 fully saturated rings. The van der Waals surface area contributed by atoms with E-state index in [-0.39, 0.29) is 6.17 Å². The second-order valence-corrected chi connectivity index (χ2v) is 7.06. The van der Waals surface area contributed by atoms with Crippen LogP contribution in [-0.2, 0) is 6.42 Å². The number of nitrogens with zero attached hydrogens (tertiary/aromatic N) is 4. The van der Waals surface area contributed by atoms with Crippen LogP contribution in [0.2, 0.25) is 0 Å². The zero-order valence-corrected chi connectivity index (χ0v) is 15.2. The first-order chi connectivity index (χ1) is 14.1. The minimum absolute atomic E-state index is 0.330. The monoisotopic (exact) mass is 348 g/mol. The van der Waals surface area contributed by atoms with Crippen LogP contribution in [0, 0.1) is 6.92 Å². The molecule has 0 amide bonds. The van der Waals surface area contributed by atoms with Crippen molar-refractivity contribution in [2.75, 3.05) is 9.80 Å². The molecule has 0 aliphatic carbocycles. The normalized spacial score (nSPS) is 22.7. The Morgan fingerprint density at radius 2 is 2.00 bits per heavy atom. The third kappa shape index (κ3) is 1.93. The highest BCUT2D eigenvalue weighted by Gasteiger charge is 2.38. The van der Waals surface area contributed by atoms with E-state index in [1.807, 2.05) is 43.6 Å². The van der Waals surface area contributed by atoms with E-state index in [0.29, 0.717) is 0 Å². The van der Waals surface area contributed by atoms with Gasteiger partial charge in [0.2, 0.25) is 0 Å². The van der Waals surface area contributed by atoms with Crippen LogP contribution in [0.15, 0.2) is 48.8 Å². The van der Waals surface area contributed by atoms with Gasteiger partial charge in [0, 0.05) is 34.5 Å². The van der Waals surface area contributed by atoms with Crippen LogP contribution in [0.5, 0.6) is 0 Å². The van der Waals surface area contributed by atoms with Crippen LogP contribution in [0.4, 0.5) is 17.1 Å². The largest absolute Gasteiger partial charge is 0.347 e. The van der Waals surface area contributed by atoms with Gasteiger partial charge in [0.25, 0.3) is 0 Å². The van der Waals surface area contributed by atoms with Crippen LogP contribution < -0.4 is 9.80 Å². The van der Waals surface area contributed by atoms with Crippen molar-refractivity contribution in [2.45, 2.75) is 46.2 Å². The molecule has 2 aromatic carbocycles. The van der Waals surface area contributed by atoms with Crippen molar-refractivity contribution >= 4 is 17.1 Å². The van der Waals surface area contributed by atoms with Crippen molar-refractivity contribution in [3.63, 3.8) is 0 Å². The fourth-order valence-electron chi connectivity index (χ4n) is 4.48. The number of hydrogen-bond acceptors (Lipinski definition) is 3. The highest BCUT2D eigenvalue weighted by atomic mass is 15.4. The third-order valence-electron chi connectivity index (χ3n) is 5.52. The maximum absolute atomic E-state index is 8.80. The molecule has 0 bridgehead atoms. The van der Waals surface area contributed by atoms with Gasteiger partial charge in [-0.15, -0.1) is 0 Å². The summed E-state index contributed by atoms with van der Waals surface area (Å²) in [5, 5.41) is 0. The van der Waals surface area contributed by atoms with Crippen LogP contribution in [0.1, 0.15) is 43.1 Å². The summed E-state index contributed by atoms with van der Waals surface area (Å²) in [6.45, 7) is 3.08. The van der Waals surface area contributed by atoms with Gasteiger partial charge < -0.3 is 14.4 Å². The van der Waals surface area contributed by atoms with E-state index in [1.165, 1.54) is 12.5 Å². The number of rotatable bonds is 2. The van der Waals surface area contributed by atoms with E-state index >= 15 is 0 Å². The molecule has 0 spiro atoms. The quantitative estimate of drug-likeness (QED) is 0.520. The van der Waals surface area contributed by atoms with Crippen molar-refractivity contribution in [3.05, 3.63) is 65.7 Å². The topological polar surface area (TPSA) is 24.3 Å². The highest BCUT2D eigenvalue weighted by Crippen LogP contribution is 2.48. The van der Waals surface area contributed by atoms with Gasteiger partial charge >= 0.3 is 0 Å². The molecule has 0 saturated heterocycles. The fourth-order valence-corrected chi connectivity index (χ4v) is 4.48. The van der Waals surface area contributed by atoms with Gasteiger partial charge in [-0.25, -0.2) is 4.98 Å². The van der Waals surface area contributed by atoms with Gasteiger partial charge in [-0.3, -0.25) is 0 Å². The van der Waals surface area contributed by atoms with E-state index < -0.39 is 12.9 Å². The molecule has 4 heteroatoms. The van der Waals surface area contributed by atoms with Gasteiger partial charge in [-0.2, -0.15) is 0 Å². The fraction of sp³-hybridized carbons (Fsp3) is 0.318. The maximum atomic E-state index is 8.80. The smallest absolute Gasteiger partial charge is 0.117 e. The van der Waals surface area contributed by atoms with Gasteiger partial charge in [0.05, 0.1) is 24.1 Å². The predicted molar refractivity (Wildman–Crippen MR) is 107 cm³/mol. The number of para-hydroxylation sites is 2. The van der Waals surface area contributed by atoms with Gasteiger partial charge in [0.15, 0.2) is 0 Å². The van der Waals surface area contributed by atoms with Gasteiger partial charge in [0.1, 0.15) is 12.0 Å². The summed E-state index contributed by atoms with van der Waals surface area (Å²) >= 11 is 0. The minimum atomic E-state index is -2.46. The second kappa shape index (κ2) is 5.37. The first kappa shape index (κ1) is 11.8. The van der Waals surface area contributed by atoms with Crippen LogP contribution in [0.3, 0.4) is 0 Å². The summed E-state index contributed by atoms with van der Waals surface area (Å²) in [6, 6.07) is 10.2. The van der Waals surface area contributed by atoms with E-state index in [4.69, 9.17) is 5.48 Å². The lowest BCUT2D eigenvalue weighted by molar-refractivity contribution is 0.606. The standard InChI is InChI=1S/C22H24N4/c1-14(2)25-16(4)26(20-8-6-5-7-19(20)25)22-15(3)9-10-18-17(22)13-21-23-11-12-24(18)21/h5-12,14,16H,13H2,1-4H3/t16-/m0/s1/i1D3,14D/t14?,16-. The number of aromatic nitrogens is 2. The van der Waals surface area contributed by atoms with Crippen LogP contribution in [-0.4, -0.2) is 21.7 Å². The Balaban J connectivity index is 1.71. The lowest BCUT2D eigenvalue weighted by atomic mass is 10.0. The van der Waals surface area contributed by atoms with Crippen molar-refractivity contribution in [3.8, 4) is 5.69 Å². The van der Waals surface area contributed by atoms with E-state index in [0.717, 1.165) is 40.6 Å². The summed E-state index contributed by atoms with van der Waals surface area (Å²) in [5.74, 6) is 1.00. The first-order valence-electron chi connectivity index (χ1n) is 11.0. The van der Waals surface area contributed by atoms with Gasteiger partial charge in [-0.05, 0) is 51.4 Å². The second-order valence-electron chi connectivity index (χ2n) is 7.06. The van der Waals surface area contributed by atoms with E-state index in [1.54, 1.807) is 4.90 Å². The SMILES string of the molecule is [2H]C([2H])([2H])C([2H])(C)N1c2ccccc2N(c2c(C)ccc3c2Cc2nccn2-3)[C@H]1C. The van der Waals surface area contributed by atoms with Crippen molar-refractivity contribution < 1.29 is 5.48 Å². The Morgan fingerprint density at radius 1 is 1.19 bits per heavy atom. The molecule has 3 heterocycles. The molecule has 0 N–H and O–H groups in total. The van der Waals surface area contributed by atoms with Gasteiger partial charge in [-0.1, -0.05) is 18.2 Å². The number of aryl methyl sites for hydroxylation is 1. The zero-order valence-electron chi connectivity index (χ0n) is 19.2. The lowest BCUT2D eigenvalue weighted by Crippen LogP contribution is -2.42. The number of fused-ring (bicyclic) bond motifs is 4. The number of benzene rings is 2. The molecule has 0 saturated carbocycles. The van der Waals surface area contributed by atoms with Crippen molar-refractivity contribution in [1.29, 1.82) is 0 Å². The number of anilines is 3. The first-order valence-corrected chi connectivity index (χ1v) is 8.95. The van der Waals surface area contributed by atoms with E-state index in [2.05, 4.69) is 33.5 Å². The Kier molecular flexibility index (Phi) is 2.43. The molecule has 4 nitrogen and oxygen atoms in total. The summed E-state index contributed by atoms with van der Waals surface area (Å²) in [5.41, 5.74) is 6.17. The molecule has 2 aliphatic heterocycles. The highest BCUT2D eigenvalue weighted by molar-refractivity contribution is 5.87. The molecule has 1 aromatic heterocycles. The predicted octanol–water partition coefficient (Wildman–Crippen LogP) is 4.80. The molecule has 5 rings (SSSR count). The number of imidazole rings is 1. The van der Waals surface area contributed by atoms with E-state index in [9.17, 15) is 0 Å². The Hall–Kier alpha value is -2.75. The maximum Gasteiger partial charge on any atom is 0.117 e. The minimum Gasteiger partial charge on any atom is -0.347 e. The van der Waals surface area contributed by atoms with Crippen molar-refractivity contribution in [1.82, 2.24) is 9.55 Å². The Labute approximate surface area is 160 Å². The molecule has 132 valence electrons. The molecule has 0 radical (unpaired) electrons. The molecule has 2 atom stereocenters.